The number of likely N-dealkylation sites (tertiary alicyclic amines) is 2. The molecule has 4 bridgehead atoms. The lowest BCUT2D eigenvalue weighted by atomic mass is 9.49. The van der Waals surface area contributed by atoms with E-state index in [0.717, 1.165) is 99.3 Å². The quantitative estimate of drug-likeness (QED) is 0.0264. The van der Waals surface area contributed by atoms with Gasteiger partial charge in [0.1, 0.15) is 0 Å². The van der Waals surface area contributed by atoms with Crippen molar-refractivity contribution in [3.63, 3.8) is 0 Å². The molecule has 2 saturated carbocycles. The predicted octanol–water partition coefficient (Wildman–Crippen LogP) is 2.97. The van der Waals surface area contributed by atoms with Gasteiger partial charge in [0.2, 0.25) is 35.4 Å². The maximum Gasteiger partial charge on any atom is 0.243 e. The molecule has 16 rings (SSSR count). The Kier molecular flexibility index (Phi) is 14.5. The summed E-state index contributed by atoms with van der Waals surface area (Å²) >= 11 is 0. The molecule has 25 nitrogen and oxygen atoms in total. The topological polar surface area (TPSA) is 362 Å². The van der Waals surface area contributed by atoms with E-state index in [1.807, 2.05) is 42.5 Å². The number of para-hydroxylation sites is 1. The second-order valence-corrected chi connectivity index (χ2v) is 28.0. The molecule has 0 radical (unpaired) electrons. The first kappa shape index (κ1) is 60.1. The third kappa shape index (κ3) is 9.71. The lowest BCUT2D eigenvalue weighted by Crippen LogP contribution is -2.74. The summed E-state index contributed by atoms with van der Waals surface area (Å²) in [5.41, 5.74) is 13.1. The Morgan fingerprint density at radius 2 is 1.14 bits per heavy atom. The summed E-state index contributed by atoms with van der Waals surface area (Å²) < 4.78 is 13.5. The number of unbranched alkanes of at least 4 members (excludes halogenated alkanes) is 1. The molecule has 15 N–H and O–H groups in total. The number of aliphatic imine (C=N–C) groups is 1. The molecule has 6 amide bonds. The van der Waals surface area contributed by atoms with Crippen LogP contribution in [0.3, 0.4) is 0 Å². The zero-order valence-electron chi connectivity index (χ0n) is 52.2. The summed E-state index contributed by atoms with van der Waals surface area (Å²) in [7, 11) is 0. The molecule has 6 aliphatic carbocycles. The van der Waals surface area contributed by atoms with Gasteiger partial charge in [-0.3, -0.25) is 43.6 Å². The van der Waals surface area contributed by atoms with Gasteiger partial charge in [-0.2, -0.15) is 0 Å². The first-order valence-corrected chi connectivity index (χ1v) is 33.4. The van der Waals surface area contributed by atoms with Gasteiger partial charge in [0.25, 0.3) is 0 Å². The molecule has 2 aromatic heterocycles. The Labute approximate surface area is 540 Å². The fourth-order valence-corrected chi connectivity index (χ4v) is 17.8. The van der Waals surface area contributed by atoms with Crippen LogP contribution in [0.25, 0.3) is 21.8 Å². The van der Waals surface area contributed by atoms with E-state index in [-0.39, 0.29) is 48.9 Å². The summed E-state index contributed by atoms with van der Waals surface area (Å²) in [6, 6.07) is 18.7. The number of carbonyl (C=O) groups excluding carboxylic acids is 6. The van der Waals surface area contributed by atoms with E-state index in [2.05, 4.69) is 62.0 Å². The number of aromatic amines is 2. The smallest absolute Gasteiger partial charge is 0.243 e. The van der Waals surface area contributed by atoms with Crippen LogP contribution >= 0.6 is 0 Å². The van der Waals surface area contributed by atoms with Crippen LogP contribution in [0.2, 0.25) is 0 Å². The van der Waals surface area contributed by atoms with Gasteiger partial charge < -0.3 is 82.8 Å². The molecule has 492 valence electrons. The number of phenolic OH excluding ortho intramolecular Hbond substituents is 2. The largest absolute Gasteiger partial charge is 0.504 e. The Bertz CT molecular complexity index is 4210. The number of guanidine groups is 1. The first-order valence-electron chi connectivity index (χ1n) is 33.4. The van der Waals surface area contributed by atoms with Crippen LogP contribution in [0, 0.1) is 11.8 Å². The number of rotatable bonds is 22. The number of piperidine rings is 2. The number of ether oxygens (including phenoxy) is 2. The fourth-order valence-electron chi connectivity index (χ4n) is 17.8. The maximum absolute atomic E-state index is 13.3. The highest BCUT2D eigenvalue weighted by Gasteiger charge is 2.74. The molecule has 94 heavy (non-hydrogen) atoms. The van der Waals surface area contributed by atoms with E-state index in [4.69, 9.17) is 15.2 Å². The number of benzene rings is 4. The molecule has 6 aromatic rings. The van der Waals surface area contributed by atoms with Crippen LogP contribution in [0.1, 0.15) is 121 Å². The Hall–Kier alpha value is -8.91. The highest BCUT2D eigenvalue weighted by Crippen LogP contribution is 2.71. The van der Waals surface area contributed by atoms with Gasteiger partial charge >= 0.3 is 0 Å². The van der Waals surface area contributed by atoms with Crippen molar-refractivity contribution in [1.82, 2.24) is 46.4 Å². The summed E-state index contributed by atoms with van der Waals surface area (Å²) in [5.74, 6) is -0.752. The summed E-state index contributed by atoms with van der Waals surface area (Å²) in [5, 5.41) is 69.1. The molecule has 4 aliphatic heterocycles. The summed E-state index contributed by atoms with van der Waals surface area (Å²) in [6.07, 6.45) is 7.99. The van der Waals surface area contributed by atoms with Crippen molar-refractivity contribution in [2.45, 2.75) is 136 Å². The van der Waals surface area contributed by atoms with Crippen molar-refractivity contribution in [3.8, 4) is 23.0 Å². The average molecular weight is 1280 g/mol. The number of nitrogens with one attached hydrogen (secondary N) is 9. The number of aromatic hydroxyl groups is 2. The molecule has 6 heterocycles. The fraction of sp³-hybridized carbons (Fsp3) is 0.493. The number of H-pyrrole nitrogens is 2. The Morgan fingerprint density at radius 1 is 0.606 bits per heavy atom. The van der Waals surface area contributed by atoms with Gasteiger partial charge in [-0.15, -0.1) is 0 Å². The number of hydrogen-bond donors (Lipinski definition) is 14. The van der Waals surface area contributed by atoms with Crippen LogP contribution in [0.4, 0.5) is 11.4 Å². The van der Waals surface area contributed by atoms with E-state index in [1.54, 1.807) is 18.2 Å². The molecular formula is C69H79N13O12. The summed E-state index contributed by atoms with van der Waals surface area (Å²) in [6.45, 7) is 2.74. The van der Waals surface area contributed by atoms with Crippen LogP contribution in [0.15, 0.2) is 65.7 Å². The molecule has 4 aromatic carbocycles. The number of carbonyl (C=O) groups is 6. The SMILES string of the molecule is NC(=NCCCCNC(=O)CNC(=O)CNC(=O)CCC(=O)NCC(=O)NCC(=O)Nc1cccc2c3c([nH]c12)[C@@H]1Oc2c(O)ccc4c2[C@@]12CCN(CC1CC1)[C@@H](C4)[C@]2(O)C3)Nc1ccc2[nH]c3c(c2c1)C[C@@]1(O)[C@@H]2Cc4ccc(O)c5c4[C@@]1(CCN2CC1CC1)[C@H]3O5. The van der Waals surface area contributed by atoms with Crippen molar-refractivity contribution in [1.29, 1.82) is 0 Å². The van der Waals surface area contributed by atoms with Crippen molar-refractivity contribution in [2.24, 2.45) is 22.6 Å². The van der Waals surface area contributed by atoms with E-state index < -0.39 is 89.3 Å². The van der Waals surface area contributed by atoms with Crippen molar-refractivity contribution in [2.75, 3.05) is 76.1 Å². The number of nitrogens with two attached hydrogens (primary N) is 1. The predicted molar refractivity (Wildman–Crippen MR) is 345 cm³/mol. The Morgan fingerprint density at radius 3 is 1.71 bits per heavy atom. The van der Waals surface area contributed by atoms with Crippen LogP contribution in [0.5, 0.6) is 23.0 Å². The maximum atomic E-state index is 13.3. The van der Waals surface area contributed by atoms with Gasteiger partial charge in [-0.1, -0.05) is 24.3 Å². The minimum Gasteiger partial charge on any atom is -0.504 e. The molecule has 8 atom stereocenters. The average Bonchev–Trinajstić information content (AvgIpc) is 1.43. The zero-order valence-corrected chi connectivity index (χ0v) is 52.2. The van der Waals surface area contributed by atoms with E-state index >= 15 is 0 Å². The van der Waals surface area contributed by atoms with Crippen LogP contribution in [-0.4, -0.2) is 170 Å². The van der Waals surface area contributed by atoms with Gasteiger partial charge in [0.05, 0.1) is 70.8 Å². The minimum atomic E-state index is -1.18. The second kappa shape index (κ2) is 22.7. The lowest BCUT2D eigenvalue weighted by Gasteiger charge is -2.62. The highest BCUT2D eigenvalue weighted by atomic mass is 16.5. The molecule has 0 unspecified atom stereocenters. The van der Waals surface area contributed by atoms with E-state index in [9.17, 15) is 49.2 Å². The molecule has 25 heteroatoms. The van der Waals surface area contributed by atoms with Gasteiger partial charge in [0, 0.05) is 97.0 Å². The second-order valence-electron chi connectivity index (χ2n) is 28.0. The number of nitrogens with zero attached hydrogens (tertiary/aromatic N) is 3. The van der Waals surface area contributed by atoms with E-state index in [0.29, 0.717) is 92.6 Å². The molecule has 2 spiro atoms. The van der Waals surface area contributed by atoms with Crippen LogP contribution in [-0.2, 0) is 65.3 Å². The minimum absolute atomic E-state index is 0.0494. The number of phenols is 2. The van der Waals surface area contributed by atoms with Gasteiger partial charge in [-0.25, -0.2) is 0 Å². The number of amides is 6. The van der Waals surface area contributed by atoms with Gasteiger partial charge in [-0.05, 0) is 148 Å². The lowest BCUT2D eigenvalue weighted by molar-refractivity contribution is -0.173. The highest BCUT2D eigenvalue weighted by molar-refractivity contribution is 6.04. The van der Waals surface area contributed by atoms with Gasteiger partial charge in [0.15, 0.2) is 41.2 Å². The number of hydrogen-bond acceptors (Lipinski definition) is 15. The van der Waals surface area contributed by atoms with Crippen molar-refractivity contribution < 1.29 is 58.7 Å². The molecule has 10 aliphatic rings. The number of fused-ring (bicyclic) bond motifs is 8. The molecule has 2 saturated heterocycles. The van der Waals surface area contributed by atoms with Crippen molar-refractivity contribution >= 4 is 74.6 Å². The zero-order chi connectivity index (χ0) is 64.6. The van der Waals surface area contributed by atoms with Crippen molar-refractivity contribution in [3.05, 3.63) is 105 Å². The standard InChI is InChI=1S/C69H79N13O12/c70-65(77-39-12-13-44-41(26-39)43-28-69(92)49-25-37-10-14-46(83)61-56(37)66(69,63(93-61)59(43)79-44)18-22-82(49)34-36-8-9-36)72-21-2-1-20-71-52(87)29-75-53(88)30-73-50(85)16-17-51(86)74-31-54(89)76-32-55(90)78-45-5-3-4-40-42-27-68(91)48-24-38-11-15-47(84)62-57(38)67(68,19-23-81(48)33-35-6-7-35)64(94-62)60(42)80-58(40)45/h3-5,10-15,26,35-36,48-49,63-64,79-80,83-84,91-92H,1-2,6-9,16-25,27-34H2,(H,71,87)(H,73,85)(H,74,86)(H,75,88)(H,76,89)(H,78,90)(H3,70,72,77)/t48-,49-,63-,64-,66-,67-,68+,69+/m0/s1. The Balaban J connectivity index is 0.439. The number of anilines is 2. The third-order valence-electron chi connectivity index (χ3n) is 22.5. The van der Waals surface area contributed by atoms with Crippen LogP contribution < -0.4 is 52.4 Å². The number of aliphatic hydroxyl groups is 2. The normalized spacial score (nSPS) is 27.0. The monoisotopic (exact) mass is 1280 g/mol. The van der Waals surface area contributed by atoms with E-state index in [1.165, 1.54) is 25.7 Å². The number of aromatic nitrogens is 2. The summed E-state index contributed by atoms with van der Waals surface area (Å²) in [4.78, 5) is 92.8. The first-order chi connectivity index (χ1) is 45.4. The third-order valence-corrected chi connectivity index (χ3v) is 22.5. The molecular weight excluding hydrogens is 1200 g/mol. The molecule has 4 fully saturated rings.